The first-order chi connectivity index (χ1) is 31.1. The first kappa shape index (κ1) is 37.5. The van der Waals surface area contributed by atoms with Gasteiger partial charge in [0.05, 0.1) is 28.1 Å². The smallest absolute Gasteiger partial charge is 0.160 e. The maximum absolute atomic E-state index is 9.09. The molecule has 0 radical (unpaired) electrons. The summed E-state index contributed by atoms with van der Waals surface area (Å²) in [7, 11) is 0. The van der Waals surface area contributed by atoms with Gasteiger partial charge in [-0.15, -0.1) is 0 Å². The second-order valence-corrected chi connectivity index (χ2v) is 15.8. The van der Waals surface area contributed by atoms with E-state index < -0.39 is 0 Å². The molecule has 2 aromatic heterocycles. The van der Waals surface area contributed by atoms with Crippen LogP contribution in [0.15, 0.2) is 237 Å². The normalized spacial score (nSPS) is 11.7. The van der Waals surface area contributed by atoms with Gasteiger partial charge in [0, 0.05) is 33.2 Å². The lowest BCUT2D eigenvalue weighted by Crippen LogP contribution is -1.98. The molecule has 63 heavy (non-hydrogen) atoms. The van der Waals surface area contributed by atoms with Crippen LogP contribution >= 0.6 is 0 Å². The lowest BCUT2D eigenvalue weighted by molar-refractivity contribution is 1.17. The zero-order valence-corrected chi connectivity index (χ0v) is 34.4. The molecule has 1 N–H and O–H groups in total. The van der Waals surface area contributed by atoms with E-state index in [0.717, 1.165) is 77.9 Å². The average molecular weight is 805 g/mol. The van der Waals surface area contributed by atoms with Crippen molar-refractivity contribution in [3.05, 3.63) is 253 Å². The third-order valence-corrected chi connectivity index (χ3v) is 11.9. The van der Waals surface area contributed by atoms with Crippen molar-refractivity contribution in [2.45, 2.75) is 0 Å². The van der Waals surface area contributed by atoms with Crippen LogP contribution in [-0.2, 0) is 0 Å². The molecular formula is C59H40N4. The predicted molar refractivity (Wildman–Crippen MR) is 262 cm³/mol. The number of fused-ring (bicyclic) bond motifs is 4. The van der Waals surface area contributed by atoms with Crippen molar-refractivity contribution in [3.63, 3.8) is 0 Å². The predicted octanol–water partition coefficient (Wildman–Crippen LogP) is 14.9. The highest BCUT2D eigenvalue weighted by molar-refractivity contribution is 6.14. The molecular weight excluding hydrogens is 765 g/mol. The van der Waals surface area contributed by atoms with Gasteiger partial charge in [-0.2, -0.15) is 0 Å². The van der Waals surface area contributed by atoms with Gasteiger partial charge in [-0.3, -0.25) is 0 Å². The Labute approximate surface area is 366 Å². The quantitative estimate of drug-likeness (QED) is 0.148. The van der Waals surface area contributed by atoms with Gasteiger partial charge in [0.1, 0.15) is 0 Å². The van der Waals surface area contributed by atoms with Gasteiger partial charge >= 0.3 is 0 Å². The Bertz CT molecular complexity index is 3440. The zero-order chi connectivity index (χ0) is 42.1. The number of benzene rings is 9. The maximum atomic E-state index is 9.09. The molecule has 0 aliphatic rings. The topological polar surface area (TPSA) is 54.6 Å². The number of nitrogens with one attached hydrogen (secondary N) is 1. The van der Waals surface area contributed by atoms with E-state index in [-0.39, 0.29) is 0 Å². The molecule has 296 valence electrons. The Kier molecular flexibility index (Phi) is 9.64. The summed E-state index contributed by atoms with van der Waals surface area (Å²) in [6.07, 6.45) is 2.00. The highest BCUT2D eigenvalue weighted by Gasteiger charge is 2.16. The Morgan fingerprint density at radius 2 is 0.937 bits per heavy atom. The summed E-state index contributed by atoms with van der Waals surface area (Å²) < 4.78 is 2.34. The molecule has 0 bridgehead atoms. The number of allylic oxidation sites excluding steroid dienone is 1. The van der Waals surface area contributed by atoms with Crippen molar-refractivity contribution in [1.82, 2.24) is 14.5 Å². The SMILES string of the molecule is N=C(/C=C(/c1ccccc1)c1cccc2ccc(-c3cccc(-c4cc(-c5ccc(-n6c7ccccc7c7ccccc76)cc5)nc(-c5ccccc5)n4)c3)cc12)c1ccccc1. The third-order valence-electron chi connectivity index (χ3n) is 11.9. The summed E-state index contributed by atoms with van der Waals surface area (Å²) in [4.78, 5) is 10.4. The van der Waals surface area contributed by atoms with Gasteiger partial charge in [0.2, 0.25) is 0 Å². The lowest BCUT2D eigenvalue weighted by atomic mass is 9.90. The Morgan fingerprint density at radius 1 is 0.397 bits per heavy atom. The third kappa shape index (κ3) is 7.20. The molecule has 0 atom stereocenters. The molecule has 4 nitrogen and oxygen atoms in total. The fraction of sp³-hybridized carbons (Fsp3) is 0. The average Bonchev–Trinajstić information content (AvgIpc) is 3.70. The lowest BCUT2D eigenvalue weighted by Gasteiger charge is -2.15. The first-order valence-corrected chi connectivity index (χ1v) is 21.2. The van der Waals surface area contributed by atoms with Crippen molar-refractivity contribution < 1.29 is 0 Å². The van der Waals surface area contributed by atoms with E-state index >= 15 is 0 Å². The Hall–Kier alpha value is -8.47. The number of rotatable bonds is 9. The van der Waals surface area contributed by atoms with Gasteiger partial charge in [-0.25, -0.2) is 9.97 Å². The molecule has 0 saturated carbocycles. The molecule has 9 aromatic carbocycles. The van der Waals surface area contributed by atoms with Crippen LogP contribution in [0.3, 0.4) is 0 Å². The van der Waals surface area contributed by atoms with Crippen molar-refractivity contribution in [1.29, 1.82) is 5.41 Å². The van der Waals surface area contributed by atoms with Crippen molar-refractivity contribution >= 4 is 43.9 Å². The van der Waals surface area contributed by atoms with E-state index in [2.05, 4.69) is 180 Å². The minimum absolute atomic E-state index is 0.466. The van der Waals surface area contributed by atoms with Crippen molar-refractivity contribution in [2.24, 2.45) is 0 Å². The molecule has 2 heterocycles. The molecule has 0 unspecified atom stereocenters. The van der Waals surface area contributed by atoms with E-state index in [1.807, 2.05) is 60.7 Å². The largest absolute Gasteiger partial charge is 0.309 e. The minimum Gasteiger partial charge on any atom is -0.309 e. The van der Waals surface area contributed by atoms with Crippen LogP contribution in [0.2, 0.25) is 0 Å². The van der Waals surface area contributed by atoms with E-state index in [0.29, 0.717) is 11.5 Å². The highest BCUT2D eigenvalue weighted by Crippen LogP contribution is 2.37. The number of para-hydroxylation sites is 2. The zero-order valence-electron chi connectivity index (χ0n) is 34.4. The van der Waals surface area contributed by atoms with Crippen LogP contribution in [-0.4, -0.2) is 20.2 Å². The molecule has 0 saturated heterocycles. The number of hydrogen-bond acceptors (Lipinski definition) is 3. The van der Waals surface area contributed by atoms with Gasteiger partial charge in [0.15, 0.2) is 5.82 Å². The Balaban J connectivity index is 0.995. The van der Waals surface area contributed by atoms with Crippen LogP contribution in [0.5, 0.6) is 0 Å². The molecule has 11 aromatic rings. The molecule has 0 aliphatic carbocycles. The summed E-state index contributed by atoms with van der Waals surface area (Å²) in [5.74, 6) is 0.677. The fourth-order valence-electron chi connectivity index (χ4n) is 8.77. The number of nitrogens with zero attached hydrogens (tertiary/aromatic N) is 3. The van der Waals surface area contributed by atoms with E-state index in [1.54, 1.807) is 0 Å². The van der Waals surface area contributed by atoms with Gasteiger partial charge in [0.25, 0.3) is 0 Å². The Morgan fingerprint density at radius 3 is 1.63 bits per heavy atom. The van der Waals surface area contributed by atoms with E-state index in [9.17, 15) is 0 Å². The minimum atomic E-state index is 0.466. The monoisotopic (exact) mass is 804 g/mol. The van der Waals surface area contributed by atoms with Gasteiger partial charge in [-0.05, 0) is 92.7 Å². The van der Waals surface area contributed by atoms with E-state index in [1.165, 1.54) is 21.8 Å². The number of aromatic nitrogens is 3. The second-order valence-electron chi connectivity index (χ2n) is 15.8. The van der Waals surface area contributed by atoms with Crippen LogP contribution in [0.25, 0.3) is 88.9 Å². The second kappa shape index (κ2) is 16.2. The summed E-state index contributed by atoms with van der Waals surface area (Å²) in [6, 6.07) is 80.3. The highest BCUT2D eigenvalue weighted by atomic mass is 15.0. The van der Waals surface area contributed by atoms with Crippen LogP contribution < -0.4 is 0 Å². The summed E-state index contributed by atoms with van der Waals surface area (Å²) >= 11 is 0. The van der Waals surface area contributed by atoms with Gasteiger partial charge < -0.3 is 9.98 Å². The van der Waals surface area contributed by atoms with Crippen molar-refractivity contribution in [2.75, 3.05) is 0 Å². The summed E-state index contributed by atoms with van der Waals surface area (Å²) in [6.45, 7) is 0. The summed E-state index contributed by atoms with van der Waals surface area (Å²) in [5, 5.41) is 13.8. The van der Waals surface area contributed by atoms with Crippen molar-refractivity contribution in [3.8, 4) is 50.7 Å². The maximum Gasteiger partial charge on any atom is 0.160 e. The van der Waals surface area contributed by atoms with Gasteiger partial charge in [-0.1, -0.05) is 188 Å². The van der Waals surface area contributed by atoms with Crippen LogP contribution in [0, 0.1) is 5.41 Å². The number of hydrogen-bond donors (Lipinski definition) is 1. The molecule has 0 amide bonds. The molecule has 11 rings (SSSR count). The van der Waals surface area contributed by atoms with E-state index in [4.69, 9.17) is 15.4 Å². The standard InChI is InChI=1S/C59H40N4/c60-54(42-18-6-2-7-19-42)38-53(40-16-4-1-5-17-40)49-27-15-22-41-30-31-46(37-52(41)49)45-23-14-24-47(36-45)56-39-55(61-59(62-56)44-20-8-3-9-21-44)43-32-34-48(35-33-43)63-57-28-12-10-25-50(57)51-26-11-13-29-58(51)63/h1-39,60H/b53-38-,60-54?. The molecule has 0 spiro atoms. The molecule has 0 fully saturated rings. The molecule has 0 aliphatic heterocycles. The fourth-order valence-corrected chi connectivity index (χ4v) is 8.77. The summed E-state index contributed by atoms with van der Waals surface area (Å²) in [5.41, 5.74) is 14.8. The first-order valence-electron chi connectivity index (χ1n) is 21.2. The van der Waals surface area contributed by atoms with Crippen LogP contribution in [0.1, 0.15) is 16.7 Å². The van der Waals surface area contributed by atoms with Crippen LogP contribution in [0.4, 0.5) is 0 Å². The molecule has 4 heteroatoms.